The maximum Gasteiger partial charge on any atom is 0.459 e. The second kappa shape index (κ2) is 10.9. The molecule has 35 heavy (non-hydrogen) atoms. The van der Waals surface area contributed by atoms with Gasteiger partial charge in [0.15, 0.2) is 11.9 Å². The van der Waals surface area contributed by atoms with Crippen LogP contribution in [0.15, 0.2) is 47.4 Å². The van der Waals surface area contributed by atoms with Crippen molar-refractivity contribution in [2.75, 3.05) is 12.3 Å². The van der Waals surface area contributed by atoms with Crippen LogP contribution >= 0.6 is 7.75 Å². The number of esters is 1. The normalized spacial score (nSPS) is 24.6. The Morgan fingerprint density at radius 1 is 1.34 bits per heavy atom. The predicted octanol–water partition coefficient (Wildman–Crippen LogP) is 2.97. The zero-order chi connectivity index (χ0) is 25.8. The highest BCUT2D eigenvalue weighted by atomic mass is 31.2. The van der Waals surface area contributed by atoms with Crippen molar-refractivity contribution in [1.82, 2.24) is 14.6 Å². The number of nitrogens with one attached hydrogen (secondary N) is 1. The van der Waals surface area contributed by atoms with E-state index >= 15 is 4.39 Å². The van der Waals surface area contributed by atoms with Gasteiger partial charge in [-0.2, -0.15) is 10.1 Å². The van der Waals surface area contributed by atoms with E-state index in [1.54, 1.807) is 44.2 Å². The smallest absolute Gasteiger partial charge is 0.459 e. The molecule has 1 fully saturated rings. The molecule has 192 valence electrons. The van der Waals surface area contributed by atoms with Gasteiger partial charge in [-0.1, -0.05) is 18.2 Å². The Kier molecular flexibility index (Phi) is 8.32. The van der Waals surface area contributed by atoms with E-state index in [4.69, 9.17) is 24.3 Å². The molecule has 1 unspecified atom stereocenters. The van der Waals surface area contributed by atoms with Crippen molar-refractivity contribution in [3.8, 4) is 5.75 Å². The lowest BCUT2D eigenvalue weighted by Crippen LogP contribution is -2.36. The van der Waals surface area contributed by atoms with E-state index < -0.39 is 43.4 Å². The molecule has 0 aliphatic carbocycles. The van der Waals surface area contributed by atoms with Gasteiger partial charge in [0.25, 0.3) is 0 Å². The Balaban J connectivity index is 1.74. The topological polar surface area (TPSA) is 144 Å². The zero-order valence-corrected chi connectivity index (χ0v) is 20.8. The Hall–Kier alpha value is -2.79. The molecular formula is C22H30FN4O7P. The summed E-state index contributed by atoms with van der Waals surface area (Å²) in [6, 6.07) is 8.55. The number of aromatic nitrogens is 2. The molecule has 5 atom stereocenters. The van der Waals surface area contributed by atoms with Crippen LogP contribution in [0, 0.1) is 0 Å². The van der Waals surface area contributed by atoms with Crippen molar-refractivity contribution in [3.63, 3.8) is 0 Å². The Bertz CT molecular complexity index is 1130. The fourth-order valence-corrected chi connectivity index (χ4v) is 5.01. The van der Waals surface area contributed by atoms with Gasteiger partial charge in [-0.15, -0.1) is 0 Å². The molecule has 11 nitrogen and oxygen atoms in total. The lowest BCUT2D eigenvalue weighted by molar-refractivity contribution is -0.149. The fourth-order valence-electron chi connectivity index (χ4n) is 3.49. The molecule has 2 heterocycles. The number of nitrogens with two attached hydrogens (primary N) is 1. The zero-order valence-electron chi connectivity index (χ0n) is 19.9. The Morgan fingerprint density at radius 3 is 2.66 bits per heavy atom. The number of rotatable bonds is 10. The number of halogens is 1. The minimum absolute atomic E-state index is 0.000113. The maximum atomic E-state index is 15.3. The van der Waals surface area contributed by atoms with Crippen LogP contribution in [-0.2, 0) is 23.4 Å². The van der Waals surface area contributed by atoms with Crippen LogP contribution in [-0.4, -0.2) is 46.0 Å². The number of anilines is 1. The standard InChI is InChI=1S/C22H30FN4O7P/c1-14(2)32-19(28)15(3)26-35(30,34-16-8-6-5-7-9-16)31-13-17-12-22(4,23)20(33-17)27-11-10-18(24)25-21(27)29/h5-11,14-15,17,20H,12-13H2,1-4H3,(H,26,30)(H2,24,25,29)/t15-,17?,20+,22+,35+/m0/s1. The summed E-state index contributed by atoms with van der Waals surface area (Å²) < 4.78 is 51.9. The van der Waals surface area contributed by atoms with E-state index in [9.17, 15) is 14.2 Å². The summed E-state index contributed by atoms with van der Waals surface area (Å²) in [6.45, 7) is 5.76. The molecule has 13 heteroatoms. The average molecular weight is 512 g/mol. The van der Waals surface area contributed by atoms with Gasteiger partial charge in [0.05, 0.1) is 18.8 Å². The first kappa shape index (κ1) is 26.8. The summed E-state index contributed by atoms with van der Waals surface area (Å²) in [5.74, 6) is -0.420. The molecule has 1 aliphatic rings. The van der Waals surface area contributed by atoms with Gasteiger partial charge < -0.3 is 19.7 Å². The molecule has 0 saturated carbocycles. The van der Waals surface area contributed by atoms with E-state index in [0.29, 0.717) is 0 Å². The third-order valence-electron chi connectivity index (χ3n) is 5.02. The number of nitrogens with zero attached hydrogens (tertiary/aromatic N) is 2. The minimum atomic E-state index is -4.15. The number of benzene rings is 1. The van der Waals surface area contributed by atoms with Crippen LogP contribution < -0.4 is 21.0 Å². The molecule has 1 aromatic carbocycles. The molecule has 2 aromatic rings. The quantitative estimate of drug-likeness (QED) is 0.360. The SMILES string of the molecule is CC(C)OC(=O)[C@H](C)N[P@@](=O)(OCC1C[C@@](C)(F)[C@H](n2ccc(N)nc2=O)O1)Oc1ccccc1. The second-order valence-corrected chi connectivity index (χ2v) is 10.4. The van der Waals surface area contributed by atoms with Crippen molar-refractivity contribution in [3.05, 3.63) is 53.1 Å². The highest BCUT2D eigenvalue weighted by molar-refractivity contribution is 7.52. The number of ether oxygens (including phenoxy) is 2. The van der Waals surface area contributed by atoms with Gasteiger partial charge in [0.1, 0.15) is 17.6 Å². The van der Waals surface area contributed by atoms with Crippen molar-refractivity contribution >= 4 is 19.5 Å². The number of para-hydroxylation sites is 1. The van der Waals surface area contributed by atoms with E-state index in [1.165, 1.54) is 26.1 Å². The molecule has 1 aliphatic heterocycles. The van der Waals surface area contributed by atoms with Crippen molar-refractivity contribution < 1.29 is 32.3 Å². The van der Waals surface area contributed by atoms with Crippen LogP contribution in [0.5, 0.6) is 5.75 Å². The third kappa shape index (κ3) is 7.11. The van der Waals surface area contributed by atoms with E-state index in [1.807, 2.05) is 0 Å². The molecular weight excluding hydrogens is 482 g/mol. The summed E-state index contributed by atoms with van der Waals surface area (Å²) in [7, 11) is -4.15. The largest absolute Gasteiger partial charge is 0.462 e. The number of hydrogen-bond acceptors (Lipinski definition) is 9. The van der Waals surface area contributed by atoms with Crippen LogP contribution in [0.1, 0.15) is 40.3 Å². The highest BCUT2D eigenvalue weighted by Crippen LogP contribution is 2.47. The number of nitrogen functional groups attached to an aromatic ring is 1. The fraction of sp³-hybridized carbons (Fsp3) is 0.500. The summed E-state index contributed by atoms with van der Waals surface area (Å²) in [5, 5.41) is 2.56. The number of hydrogen-bond donors (Lipinski definition) is 2. The molecule has 0 radical (unpaired) electrons. The second-order valence-electron chi connectivity index (χ2n) is 8.67. The van der Waals surface area contributed by atoms with Crippen LogP contribution in [0.4, 0.5) is 10.2 Å². The Labute approximate surface area is 202 Å². The van der Waals surface area contributed by atoms with Gasteiger partial charge in [-0.05, 0) is 45.9 Å². The summed E-state index contributed by atoms with van der Waals surface area (Å²) in [4.78, 5) is 28.0. The first-order valence-corrected chi connectivity index (χ1v) is 12.6. The number of carbonyl (C=O) groups excluding carboxylic acids is 1. The molecule has 3 rings (SSSR count). The van der Waals surface area contributed by atoms with Gasteiger partial charge in [-0.25, -0.2) is 13.8 Å². The summed E-state index contributed by atoms with van der Waals surface area (Å²) in [5.41, 5.74) is 2.78. The molecule has 1 saturated heterocycles. The monoisotopic (exact) mass is 512 g/mol. The lowest BCUT2D eigenvalue weighted by Gasteiger charge is -2.24. The lowest BCUT2D eigenvalue weighted by atomic mass is 10.0. The highest BCUT2D eigenvalue weighted by Gasteiger charge is 2.48. The van der Waals surface area contributed by atoms with Gasteiger partial charge >= 0.3 is 19.4 Å². The summed E-state index contributed by atoms with van der Waals surface area (Å²) >= 11 is 0. The van der Waals surface area contributed by atoms with Crippen molar-refractivity contribution in [2.24, 2.45) is 0 Å². The van der Waals surface area contributed by atoms with Crippen LogP contribution in [0.2, 0.25) is 0 Å². The third-order valence-corrected chi connectivity index (χ3v) is 6.67. The molecule has 1 aromatic heterocycles. The minimum Gasteiger partial charge on any atom is -0.462 e. The van der Waals surface area contributed by atoms with E-state index in [-0.39, 0.29) is 30.7 Å². The predicted molar refractivity (Wildman–Crippen MR) is 125 cm³/mol. The average Bonchev–Trinajstić information content (AvgIpc) is 3.06. The Morgan fingerprint density at radius 2 is 2.03 bits per heavy atom. The van der Waals surface area contributed by atoms with E-state index in [2.05, 4.69) is 10.1 Å². The summed E-state index contributed by atoms with van der Waals surface area (Å²) in [6.07, 6.45) is -1.42. The van der Waals surface area contributed by atoms with Crippen molar-refractivity contribution in [2.45, 2.75) is 64.3 Å². The maximum absolute atomic E-state index is 15.3. The molecule has 0 spiro atoms. The van der Waals surface area contributed by atoms with E-state index in [0.717, 1.165) is 4.57 Å². The van der Waals surface area contributed by atoms with Gasteiger partial charge in [0, 0.05) is 12.6 Å². The first-order chi connectivity index (χ1) is 16.4. The molecule has 0 amide bonds. The molecule has 3 N–H and O–H groups in total. The van der Waals surface area contributed by atoms with Crippen molar-refractivity contribution in [1.29, 1.82) is 0 Å². The number of alkyl halides is 1. The van der Waals surface area contributed by atoms with Crippen LogP contribution in [0.3, 0.4) is 0 Å². The van der Waals surface area contributed by atoms with Gasteiger partial charge in [0.2, 0.25) is 0 Å². The molecule has 0 bridgehead atoms. The van der Waals surface area contributed by atoms with Crippen LogP contribution in [0.25, 0.3) is 0 Å². The van der Waals surface area contributed by atoms with Gasteiger partial charge in [-0.3, -0.25) is 13.9 Å². The number of carbonyl (C=O) groups is 1. The first-order valence-electron chi connectivity index (χ1n) is 11.0.